The molecule has 1 aliphatic heterocycles. The van der Waals surface area contributed by atoms with Crippen LogP contribution in [-0.2, 0) is 4.79 Å². The molecule has 21 heavy (non-hydrogen) atoms. The molecule has 1 aromatic carbocycles. The molecule has 114 valence electrons. The zero-order chi connectivity index (χ0) is 15.0. The van der Waals surface area contributed by atoms with Gasteiger partial charge in [0.05, 0.1) is 19.6 Å². The van der Waals surface area contributed by atoms with Crippen LogP contribution in [0, 0.1) is 11.7 Å². The van der Waals surface area contributed by atoms with Gasteiger partial charge < -0.3 is 14.6 Å². The first-order valence-corrected chi connectivity index (χ1v) is 7.45. The third-order valence-electron chi connectivity index (χ3n) is 3.93. The first kappa shape index (κ1) is 14.4. The van der Waals surface area contributed by atoms with E-state index in [0.717, 1.165) is 12.8 Å². The van der Waals surface area contributed by atoms with Crippen molar-refractivity contribution in [2.75, 3.05) is 13.2 Å². The fourth-order valence-electron chi connectivity index (χ4n) is 2.75. The van der Waals surface area contributed by atoms with Crippen molar-refractivity contribution in [1.29, 1.82) is 0 Å². The summed E-state index contributed by atoms with van der Waals surface area (Å²) in [6.45, 7) is 0.897. The molecule has 1 N–H and O–H groups in total. The van der Waals surface area contributed by atoms with Crippen LogP contribution in [0.3, 0.4) is 0 Å². The van der Waals surface area contributed by atoms with Gasteiger partial charge in [-0.3, -0.25) is 4.79 Å². The van der Waals surface area contributed by atoms with Crippen LogP contribution in [0.5, 0.6) is 11.5 Å². The highest BCUT2D eigenvalue weighted by molar-refractivity contribution is 6.32. The molecule has 1 aliphatic carbocycles. The number of rotatable bonds is 4. The van der Waals surface area contributed by atoms with E-state index in [1.54, 1.807) is 6.07 Å². The van der Waals surface area contributed by atoms with Crippen LogP contribution < -0.4 is 9.47 Å². The highest BCUT2D eigenvalue weighted by atomic mass is 35.5. The van der Waals surface area contributed by atoms with Crippen molar-refractivity contribution >= 4 is 17.6 Å². The minimum atomic E-state index is -0.936. The maximum Gasteiger partial charge on any atom is 0.303 e. The normalized spacial score (nSPS) is 19.0. The Morgan fingerprint density at radius 1 is 1.43 bits per heavy atom. The molecule has 1 unspecified atom stereocenters. The number of hydrogen-bond donors (Lipinski definition) is 1. The zero-order valence-electron chi connectivity index (χ0n) is 11.4. The minimum absolute atomic E-state index is 0.0996. The standard InChI is InChI=1S/C15H16ClFO4/c16-13-14(17)10(9(7-12(18)19)8-2-3-8)6-11-15(13)21-5-1-4-20-11/h6,8-9H,1-5,7H2,(H,18,19). The quantitative estimate of drug-likeness (QED) is 0.922. The molecular weight excluding hydrogens is 299 g/mol. The molecule has 1 fully saturated rings. The lowest BCUT2D eigenvalue weighted by molar-refractivity contribution is -0.137. The van der Waals surface area contributed by atoms with Crippen molar-refractivity contribution < 1.29 is 23.8 Å². The van der Waals surface area contributed by atoms with E-state index < -0.39 is 11.8 Å². The molecule has 4 nitrogen and oxygen atoms in total. The largest absolute Gasteiger partial charge is 0.489 e. The summed E-state index contributed by atoms with van der Waals surface area (Å²) in [6, 6.07) is 1.56. The Labute approximate surface area is 126 Å². The lowest BCUT2D eigenvalue weighted by atomic mass is 9.90. The third kappa shape index (κ3) is 2.93. The maximum atomic E-state index is 14.6. The molecule has 1 saturated carbocycles. The number of carboxylic acid groups (broad SMARTS) is 1. The molecule has 0 radical (unpaired) electrons. The van der Waals surface area contributed by atoms with E-state index in [2.05, 4.69) is 0 Å². The summed E-state index contributed by atoms with van der Waals surface area (Å²) >= 11 is 6.07. The Morgan fingerprint density at radius 3 is 2.81 bits per heavy atom. The molecule has 2 aliphatic rings. The van der Waals surface area contributed by atoms with E-state index in [-0.39, 0.29) is 29.0 Å². The van der Waals surface area contributed by atoms with E-state index in [9.17, 15) is 9.18 Å². The van der Waals surface area contributed by atoms with Gasteiger partial charge >= 0.3 is 5.97 Å². The average Bonchev–Trinajstić information content (AvgIpc) is 3.26. The topological polar surface area (TPSA) is 55.8 Å². The summed E-state index contributed by atoms with van der Waals surface area (Å²) in [7, 11) is 0. The monoisotopic (exact) mass is 314 g/mol. The fourth-order valence-corrected chi connectivity index (χ4v) is 3.01. The first-order chi connectivity index (χ1) is 10.1. The van der Waals surface area contributed by atoms with Crippen molar-refractivity contribution in [3.8, 4) is 11.5 Å². The number of aliphatic carboxylic acids is 1. The van der Waals surface area contributed by atoms with E-state index in [1.165, 1.54) is 0 Å². The molecule has 0 amide bonds. The Bertz CT molecular complexity index is 571. The maximum absolute atomic E-state index is 14.6. The van der Waals surface area contributed by atoms with E-state index in [4.69, 9.17) is 26.2 Å². The lowest BCUT2D eigenvalue weighted by Gasteiger charge is -2.19. The van der Waals surface area contributed by atoms with Gasteiger partial charge in [-0.1, -0.05) is 11.6 Å². The van der Waals surface area contributed by atoms with Gasteiger partial charge in [0.15, 0.2) is 11.5 Å². The van der Waals surface area contributed by atoms with Gasteiger partial charge in [0, 0.05) is 12.3 Å². The summed E-state index contributed by atoms with van der Waals surface area (Å²) in [6.07, 6.45) is 2.44. The predicted octanol–water partition coefficient (Wildman–Crippen LogP) is 3.61. The fraction of sp³-hybridized carbons (Fsp3) is 0.533. The molecule has 0 bridgehead atoms. The Hall–Kier alpha value is -1.49. The SMILES string of the molecule is O=C(O)CC(c1cc2c(c(Cl)c1F)OCCCO2)C1CC1. The van der Waals surface area contributed by atoms with Gasteiger partial charge in [0.2, 0.25) is 0 Å². The molecule has 6 heteroatoms. The Kier molecular flexibility index (Phi) is 3.93. The number of carbonyl (C=O) groups is 1. The van der Waals surface area contributed by atoms with Crippen molar-refractivity contribution in [2.24, 2.45) is 5.92 Å². The highest BCUT2D eigenvalue weighted by Gasteiger charge is 2.37. The summed E-state index contributed by atoms with van der Waals surface area (Å²) in [5.74, 6) is -1.05. The summed E-state index contributed by atoms with van der Waals surface area (Å²) in [5, 5.41) is 8.94. The van der Waals surface area contributed by atoms with Crippen molar-refractivity contribution in [3.05, 3.63) is 22.5 Å². The molecule has 1 heterocycles. The van der Waals surface area contributed by atoms with E-state index in [1.807, 2.05) is 0 Å². The molecule has 0 aromatic heterocycles. The van der Waals surface area contributed by atoms with Crippen molar-refractivity contribution in [3.63, 3.8) is 0 Å². The summed E-state index contributed by atoms with van der Waals surface area (Å²) < 4.78 is 25.5. The van der Waals surface area contributed by atoms with Crippen LogP contribution in [0.25, 0.3) is 0 Å². The lowest BCUT2D eigenvalue weighted by Crippen LogP contribution is -2.11. The molecule has 0 saturated heterocycles. The van der Waals surface area contributed by atoms with Gasteiger partial charge in [-0.2, -0.15) is 0 Å². The summed E-state index contributed by atoms with van der Waals surface area (Å²) in [5.41, 5.74) is 0.328. The predicted molar refractivity (Wildman–Crippen MR) is 74.7 cm³/mol. The Balaban J connectivity index is 2.03. The number of halogens is 2. The van der Waals surface area contributed by atoms with Crippen LogP contribution in [0.1, 0.15) is 37.2 Å². The van der Waals surface area contributed by atoms with Crippen molar-refractivity contribution in [2.45, 2.75) is 31.6 Å². The van der Waals surface area contributed by atoms with Gasteiger partial charge in [0.25, 0.3) is 0 Å². The van der Waals surface area contributed by atoms with Crippen LogP contribution >= 0.6 is 11.6 Å². The number of carboxylic acids is 1. The highest BCUT2D eigenvalue weighted by Crippen LogP contribution is 2.49. The number of ether oxygens (including phenoxy) is 2. The number of hydrogen-bond acceptors (Lipinski definition) is 3. The molecule has 1 atom stereocenters. The van der Waals surface area contributed by atoms with Crippen LogP contribution in [0.15, 0.2) is 6.07 Å². The van der Waals surface area contributed by atoms with Crippen LogP contribution in [-0.4, -0.2) is 24.3 Å². The van der Waals surface area contributed by atoms with Crippen LogP contribution in [0.2, 0.25) is 5.02 Å². The second kappa shape index (κ2) is 5.72. The van der Waals surface area contributed by atoms with E-state index >= 15 is 0 Å². The van der Waals surface area contributed by atoms with Gasteiger partial charge in [-0.05, 0) is 30.4 Å². The Morgan fingerprint density at radius 2 is 2.14 bits per heavy atom. The smallest absolute Gasteiger partial charge is 0.303 e. The second-order valence-corrected chi connectivity index (χ2v) is 5.89. The van der Waals surface area contributed by atoms with Gasteiger partial charge in [0.1, 0.15) is 10.8 Å². The molecule has 3 rings (SSSR count). The second-order valence-electron chi connectivity index (χ2n) is 5.51. The molecule has 0 spiro atoms. The zero-order valence-corrected chi connectivity index (χ0v) is 12.2. The number of fused-ring (bicyclic) bond motifs is 1. The number of benzene rings is 1. The first-order valence-electron chi connectivity index (χ1n) is 7.07. The molecule has 1 aromatic rings. The molecular formula is C15H16ClFO4. The third-order valence-corrected chi connectivity index (χ3v) is 4.27. The van der Waals surface area contributed by atoms with Crippen LogP contribution in [0.4, 0.5) is 4.39 Å². The van der Waals surface area contributed by atoms with Crippen molar-refractivity contribution in [1.82, 2.24) is 0 Å². The summed E-state index contributed by atoms with van der Waals surface area (Å²) in [4.78, 5) is 11.0. The van der Waals surface area contributed by atoms with Gasteiger partial charge in [-0.15, -0.1) is 0 Å². The minimum Gasteiger partial charge on any atom is -0.489 e. The van der Waals surface area contributed by atoms with E-state index in [0.29, 0.717) is 30.9 Å². The van der Waals surface area contributed by atoms with Gasteiger partial charge in [-0.25, -0.2) is 4.39 Å². The average molecular weight is 315 g/mol.